The average Bonchev–Trinajstić information content (AvgIpc) is 3.05. The van der Waals surface area contributed by atoms with Gasteiger partial charge in [0.2, 0.25) is 0 Å². The second kappa shape index (κ2) is 5.59. The second-order valence-corrected chi connectivity index (χ2v) is 7.89. The number of rotatable bonds is 2. The van der Waals surface area contributed by atoms with Crippen LogP contribution >= 0.6 is 11.6 Å². The molecule has 1 aliphatic rings. The summed E-state index contributed by atoms with van der Waals surface area (Å²) in [7, 11) is -0.371. The molecule has 3 aromatic rings. The fourth-order valence-corrected chi connectivity index (χ4v) is 3.03. The van der Waals surface area contributed by atoms with Crippen LogP contribution in [0, 0.1) is 0 Å². The summed E-state index contributed by atoms with van der Waals surface area (Å²) in [5.74, 6) is 0. The fourth-order valence-electron chi connectivity index (χ4n) is 2.90. The lowest BCUT2D eigenvalue weighted by Gasteiger charge is -2.32. The summed E-state index contributed by atoms with van der Waals surface area (Å²) >= 11 is 5.96. The molecular formula is C19H20BClN2O2. The van der Waals surface area contributed by atoms with E-state index in [9.17, 15) is 0 Å². The van der Waals surface area contributed by atoms with Gasteiger partial charge in [0.05, 0.1) is 22.4 Å². The quantitative estimate of drug-likeness (QED) is 0.654. The number of halogens is 1. The predicted molar refractivity (Wildman–Crippen MR) is 101 cm³/mol. The molecule has 3 heterocycles. The minimum atomic E-state index is -0.371. The molecule has 0 radical (unpaired) electrons. The Morgan fingerprint density at radius 2 is 1.60 bits per heavy atom. The van der Waals surface area contributed by atoms with E-state index in [-0.39, 0.29) is 18.3 Å². The fraction of sp³-hybridized carbons (Fsp3) is 0.316. The number of fused-ring (bicyclic) bond motifs is 1. The lowest BCUT2D eigenvalue weighted by molar-refractivity contribution is 0.00578. The van der Waals surface area contributed by atoms with Gasteiger partial charge in [0.1, 0.15) is 0 Å². The Bertz CT molecular complexity index is 918. The molecule has 6 heteroatoms. The summed E-state index contributed by atoms with van der Waals surface area (Å²) in [6, 6.07) is 13.8. The molecule has 1 aromatic carbocycles. The standard InChI is InChI=1S/C19H20BClN2O2/c1-18(2)19(3,4)25-20(24-18)14-9-10-23-16(11-14)12-17(22-23)13-5-7-15(21)8-6-13/h5-12H,1-4H3. The second-order valence-electron chi connectivity index (χ2n) is 7.45. The Kier molecular flexibility index (Phi) is 3.72. The monoisotopic (exact) mass is 354 g/mol. The number of aromatic nitrogens is 2. The van der Waals surface area contributed by atoms with Gasteiger partial charge in [0.25, 0.3) is 0 Å². The minimum Gasteiger partial charge on any atom is -0.399 e. The molecule has 0 N–H and O–H groups in total. The van der Waals surface area contributed by atoms with Crippen molar-refractivity contribution in [3.8, 4) is 11.3 Å². The lowest BCUT2D eigenvalue weighted by Crippen LogP contribution is -2.41. The average molecular weight is 355 g/mol. The van der Waals surface area contributed by atoms with E-state index in [0.717, 1.165) is 27.3 Å². The first-order valence-corrected chi connectivity index (χ1v) is 8.74. The van der Waals surface area contributed by atoms with E-state index >= 15 is 0 Å². The number of benzene rings is 1. The van der Waals surface area contributed by atoms with Crippen molar-refractivity contribution in [1.29, 1.82) is 0 Å². The van der Waals surface area contributed by atoms with Crippen LogP contribution in [-0.4, -0.2) is 27.9 Å². The molecule has 2 aromatic heterocycles. The third-order valence-electron chi connectivity index (χ3n) is 5.15. The van der Waals surface area contributed by atoms with Crippen molar-refractivity contribution in [3.63, 3.8) is 0 Å². The Hall–Kier alpha value is -1.82. The van der Waals surface area contributed by atoms with Crippen LogP contribution in [0.3, 0.4) is 0 Å². The molecule has 1 fully saturated rings. The topological polar surface area (TPSA) is 35.8 Å². The van der Waals surface area contributed by atoms with Gasteiger partial charge in [-0.05, 0) is 63.5 Å². The first-order valence-electron chi connectivity index (χ1n) is 8.36. The van der Waals surface area contributed by atoms with Gasteiger partial charge in [-0.2, -0.15) is 5.10 Å². The maximum absolute atomic E-state index is 6.14. The van der Waals surface area contributed by atoms with Gasteiger partial charge in [-0.1, -0.05) is 23.7 Å². The predicted octanol–water partition coefficient (Wildman–Crippen LogP) is 3.95. The zero-order valence-electron chi connectivity index (χ0n) is 14.8. The molecule has 4 nitrogen and oxygen atoms in total. The van der Waals surface area contributed by atoms with Crippen molar-refractivity contribution >= 4 is 29.7 Å². The van der Waals surface area contributed by atoms with Crippen LogP contribution in [0.5, 0.6) is 0 Å². The maximum Gasteiger partial charge on any atom is 0.494 e. The molecule has 0 saturated carbocycles. The Morgan fingerprint density at radius 1 is 0.960 bits per heavy atom. The summed E-state index contributed by atoms with van der Waals surface area (Å²) < 4.78 is 14.1. The molecule has 1 aliphatic heterocycles. The molecule has 0 aliphatic carbocycles. The Labute approximate surface area is 152 Å². The number of nitrogens with zero attached hydrogens (tertiary/aromatic N) is 2. The van der Waals surface area contributed by atoms with E-state index in [2.05, 4.69) is 44.9 Å². The van der Waals surface area contributed by atoms with Crippen molar-refractivity contribution in [2.24, 2.45) is 0 Å². The Balaban J connectivity index is 1.68. The van der Waals surface area contributed by atoms with E-state index in [0.29, 0.717) is 0 Å². The number of hydrogen-bond acceptors (Lipinski definition) is 3. The summed E-state index contributed by atoms with van der Waals surface area (Å²) in [6.45, 7) is 8.23. The summed E-state index contributed by atoms with van der Waals surface area (Å²) in [5, 5.41) is 5.35. The van der Waals surface area contributed by atoms with Crippen LogP contribution in [-0.2, 0) is 9.31 Å². The van der Waals surface area contributed by atoms with Crippen LogP contribution in [0.25, 0.3) is 16.8 Å². The molecule has 25 heavy (non-hydrogen) atoms. The van der Waals surface area contributed by atoms with E-state index in [4.69, 9.17) is 20.9 Å². The highest BCUT2D eigenvalue weighted by molar-refractivity contribution is 6.62. The van der Waals surface area contributed by atoms with Gasteiger partial charge in [-0.25, -0.2) is 4.52 Å². The number of pyridine rings is 1. The van der Waals surface area contributed by atoms with Crippen LogP contribution in [0.15, 0.2) is 48.7 Å². The summed E-state index contributed by atoms with van der Waals surface area (Å²) in [5.41, 5.74) is 3.23. The van der Waals surface area contributed by atoms with Crippen molar-refractivity contribution in [3.05, 3.63) is 53.7 Å². The van der Waals surface area contributed by atoms with Gasteiger partial charge in [0, 0.05) is 16.8 Å². The van der Waals surface area contributed by atoms with Gasteiger partial charge in [-0.15, -0.1) is 0 Å². The molecule has 0 bridgehead atoms. The molecule has 4 rings (SSSR count). The first kappa shape index (κ1) is 16.6. The normalized spacial score (nSPS) is 18.8. The zero-order valence-corrected chi connectivity index (χ0v) is 15.5. The molecule has 0 spiro atoms. The van der Waals surface area contributed by atoms with Gasteiger partial charge in [0.15, 0.2) is 0 Å². The van der Waals surface area contributed by atoms with Crippen molar-refractivity contribution in [2.75, 3.05) is 0 Å². The van der Waals surface area contributed by atoms with Gasteiger partial charge < -0.3 is 9.31 Å². The molecule has 0 atom stereocenters. The molecular weight excluding hydrogens is 334 g/mol. The molecule has 128 valence electrons. The van der Waals surface area contributed by atoms with Crippen LogP contribution < -0.4 is 5.46 Å². The smallest absolute Gasteiger partial charge is 0.399 e. The highest BCUT2D eigenvalue weighted by Crippen LogP contribution is 2.36. The molecule has 0 unspecified atom stereocenters. The third-order valence-corrected chi connectivity index (χ3v) is 5.40. The van der Waals surface area contributed by atoms with Crippen LogP contribution in [0.2, 0.25) is 5.02 Å². The largest absolute Gasteiger partial charge is 0.494 e. The highest BCUT2D eigenvalue weighted by atomic mass is 35.5. The van der Waals surface area contributed by atoms with Crippen LogP contribution in [0.4, 0.5) is 0 Å². The molecule has 0 amide bonds. The highest BCUT2D eigenvalue weighted by Gasteiger charge is 2.51. The van der Waals surface area contributed by atoms with Crippen molar-refractivity contribution in [1.82, 2.24) is 9.61 Å². The minimum absolute atomic E-state index is 0.349. The van der Waals surface area contributed by atoms with Crippen LogP contribution in [0.1, 0.15) is 27.7 Å². The Morgan fingerprint density at radius 3 is 2.24 bits per heavy atom. The first-order chi connectivity index (χ1) is 11.7. The van der Waals surface area contributed by atoms with E-state index in [1.165, 1.54) is 0 Å². The van der Waals surface area contributed by atoms with Gasteiger partial charge >= 0.3 is 7.12 Å². The lowest BCUT2D eigenvalue weighted by atomic mass is 9.79. The van der Waals surface area contributed by atoms with Gasteiger partial charge in [-0.3, -0.25) is 0 Å². The van der Waals surface area contributed by atoms with Crippen molar-refractivity contribution < 1.29 is 9.31 Å². The summed E-state index contributed by atoms with van der Waals surface area (Å²) in [4.78, 5) is 0. The van der Waals surface area contributed by atoms with E-state index in [1.807, 2.05) is 41.0 Å². The SMILES string of the molecule is CC1(C)OB(c2ccn3nc(-c4ccc(Cl)cc4)cc3c2)OC1(C)C. The maximum atomic E-state index is 6.14. The zero-order chi connectivity index (χ0) is 17.8. The third kappa shape index (κ3) is 2.86. The number of hydrogen-bond donors (Lipinski definition) is 0. The van der Waals surface area contributed by atoms with E-state index in [1.54, 1.807) is 0 Å². The van der Waals surface area contributed by atoms with E-state index < -0.39 is 0 Å². The molecule has 1 saturated heterocycles. The summed E-state index contributed by atoms with van der Waals surface area (Å²) in [6.07, 6.45) is 1.94. The van der Waals surface area contributed by atoms with Crippen molar-refractivity contribution in [2.45, 2.75) is 38.9 Å².